The van der Waals surface area contributed by atoms with Gasteiger partial charge < -0.3 is 10.4 Å². The zero-order chi connectivity index (χ0) is 18.8. The number of hydrogen-bond acceptors (Lipinski definition) is 4. The smallest absolute Gasteiger partial charge is 0.279 e. The number of aromatic nitrogens is 2. The molecule has 0 fully saturated rings. The number of nitrogens with zero attached hydrogens (tertiary/aromatic N) is 2. The van der Waals surface area contributed by atoms with E-state index in [1.807, 2.05) is 39.0 Å². The quantitative estimate of drug-likeness (QED) is 0.761. The second-order valence-corrected chi connectivity index (χ2v) is 6.24. The van der Waals surface area contributed by atoms with Crippen molar-refractivity contribution < 1.29 is 9.90 Å². The van der Waals surface area contributed by atoms with Gasteiger partial charge in [-0.1, -0.05) is 29.8 Å². The summed E-state index contributed by atoms with van der Waals surface area (Å²) in [5.74, 6) is -1.04. The Hall–Kier alpha value is -3.41. The molecule has 0 saturated heterocycles. The molecule has 0 aliphatic carbocycles. The van der Waals surface area contributed by atoms with E-state index < -0.39 is 17.2 Å². The second kappa shape index (κ2) is 6.84. The van der Waals surface area contributed by atoms with Gasteiger partial charge in [0.1, 0.15) is 0 Å². The molecule has 6 nitrogen and oxygen atoms in total. The van der Waals surface area contributed by atoms with Crippen molar-refractivity contribution in [2.45, 2.75) is 20.8 Å². The SMILES string of the molecule is Cc1cccc(-n2nc(C(=O)Nc3ccc(C)cc3C)c(O)cc2=O)c1. The van der Waals surface area contributed by atoms with Gasteiger partial charge in [0.05, 0.1) is 5.69 Å². The third kappa shape index (κ3) is 3.49. The zero-order valence-corrected chi connectivity index (χ0v) is 14.8. The predicted molar refractivity (Wildman–Crippen MR) is 100 cm³/mol. The number of nitrogens with one attached hydrogen (secondary N) is 1. The molecule has 0 aliphatic heterocycles. The molecule has 0 aliphatic rings. The predicted octanol–water partition coefficient (Wildman–Crippen LogP) is 3.12. The fraction of sp³-hybridized carbons (Fsp3) is 0.150. The fourth-order valence-corrected chi connectivity index (χ4v) is 2.69. The summed E-state index contributed by atoms with van der Waals surface area (Å²) in [6.07, 6.45) is 0. The number of hydrogen-bond donors (Lipinski definition) is 2. The highest BCUT2D eigenvalue weighted by Crippen LogP contribution is 2.19. The Labute approximate surface area is 150 Å². The van der Waals surface area contributed by atoms with Crippen LogP contribution in [0.3, 0.4) is 0 Å². The van der Waals surface area contributed by atoms with E-state index in [4.69, 9.17) is 0 Å². The van der Waals surface area contributed by atoms with Gasteiger partial charge in [0.25, 0.3) is 11.5 Å². The summed E-state index contributed by atoms with van der Waals surface area (Å²) in [6, 6.07) is 13.8. The number of rotatable bonds is 3. The summed E-state index contributed by atoms with van der Waals surface area (Å²) in [5.41, 5.74) is 3.33. The van der Waals surface area contributed by atoms with Crippen LogP contribution in [-0.2, 0) is 0 Å². The first-order valence-corrected chi connectivity index (χ1v) is 8.14. The number of aromatic hydroxyl groups is 1. The van der Waals surface area contributed by atoms with Gasteiger partial charge in [0.2, 0.25) is 0 Å². The lowest BCUT2D eigenvalue weighted by atomic mass is 10.1. The molecule has 0 spiro atoms. The van der Waals surface area contributed by atoms with Crippen LogP contribution in [-0.4, -0.2) is 20.8 Å². The van der Waals surface area contributed by atoms with Crippen LogP contribution in [0.2, 0.25) is 0 Å². The Balaban J connectivity index is 2.00. The van der Waals surface area contributed by atoms with Crippen LogP contribution < -0.4 is 10.9 Å². The van der Waals surface area contributed by atoms with E-state index in [-0.39, 0.29) is 5.69 Å². The minimum absolute atomic E-state index is 0.217. The molecule has 26 heavy (non-hydrogen) atoms. The molecule has 0 radical (unpaired) electrons. The van der Waals surface area contributed by atoms with Crippen molar-refractivity contribution in [3.8, 4) is 11.4 Å². The van der Waals surface area contributed by atoms with E-state index in [9.17, 15) is 14.7 Å². The van der Waals surface area contributed by atoms with E-state index in [2.05, 4.69) is 10.4 Å². The van der Waals surface area contributed by atoms with Gasteiger partial charge in [-0.05, 0) is 50.1 Å². The van der Waals surface area contributed by atoms with Crippen LogP contribution >= 0.6 is 0 Å². The van der Waals surface area contributed by atoms with Crippen LogP contribution in [0.1, 0.15) is 27.2 Å². The number of aryl methyl sites for hydroxylation is 3. The summed E-state index contributed by atoms with van der Waals surface area (Å²) in [5, 5.41) is 16.8. The monoisotopic (exact) mass is 349 g/mol. The molecule has 1 amide bonds. The Morgan fingerprint density at radius 1 is 1.04 bits per heavy atom. The minimum Gasteiger partial charge on any atom is -0.505 e. The number of anilines is 1. The maximum absolute atomic E-state index is 12.6. The van der Waals surface area contributed by atoms with Crippen LogP contribution in [0.4, 0.5) is 5.69 Å². The van der Waals surface area contributed by atoms with Gasteiger partial charge in [0, 0.05) is 11.8 Å². The summed E-state index contributed by atoms with van der Waals surface area (Å²) in [7, 11) is 0. The van der Waals surface area contributed by atoms with Crippen molar-refractivity contribution >= 4 is 11.6 Å². The molecule has 0 bridgehead atoms. The van der Waals surface area contributed by atoms with Crippen LogP contribution in [0.5, 0.6) is 5.75 Å². The molecule has 1 aromatic heterocycles. The maximum atomic E-state index is 12.6. The largest absolute Gasteiger partial charge is 0.505 e. The van der Waals surface area contributed by atoms with E-state index >= 15 is 0 Å². The second-order valence-electron chi connectivity index (χ2n) is 6.24. The van der Waals surface area contributed by atoms with Crippen molar-refractivity contribution in [3.05, 3.63) is 81.3 Å². The van der Waals surface area contributed by atoms with Crippen molar-refractivity contribution in [1.29, 1.82) is 0 Å². The molecule has 0 unspecified atom stereocenters. The highest BCUT2D eigenvalue weighted by Gasteiger charge is 2.17. The average molecular weight is 349 g/mol. The normalized spacial score (nSPS) is 10.6. The lowest BCUT2D eigenvalue weighted by Gasteiger charge is -2.11. The first kappa shape index (κ1) is 17.4. The Morgan fingerprint density at radius 3 is 2.46 bits per heavy atom. The summed E-state index contributed by atoms with van der Waals surface area (Å²) in [6.45, 7) is 5.73. The Bertz CT molecular complexity index is 1050. The van der Waals surface area contributed by atoms with Crippen LogP contribution in [0.25, 0.3) is 5.69 Å². The summed E-state index contributed by atoms with van der Waals surface area (Å²) >= 11 is 0. The zero-order valence-electron chi connectivity index (χ0n) is 14.8. The molecule has 0 atom stereocenters. The Morgan fingerprint density at radius 2 is 1.77 bits per heavy atom. The first-order chi connectivity index (χ1) is 12.3. The van der Waals surface area contributed by atoms with Gasteiger partial charge in [-0.3, -0.25) is 9.59 Å². The van der Waals surface area contributed by atoms with Gasteiger partial charge in [0.15, 0.2) is 11.4 Å². The molecular weight excluding hydrogens is 330 g/mol. The highest BCUT2D eigenvalue weighted by atomic mass is 16.3. The van der Waals surface area contributed by atoms with E-state index in [1.165, 1.54) is 0 Å². The lowest BCUT2D eigenvalue weighted by Crippen LogP contribution is -2.25. The van der Waals surface area contributed by atoms with Crippen molar-refractivity contribution in [3.63, 3.8) is 0 Å². The molecule has 1 heterocycles. The topological polar surface area (TPSA) is 84.2 Å². The van der Waals surface area contributed by atoms with Crippen molar-refractivity contribution in [2.75, 3.05) is 5.32 Å². The van der Waals surface area contributed by atoms with Gasteiger partial charge in [-0.2, -0.15) is 9.78 Å². The van der Waals surface area contributed by atoms with Gasteiger partial charge in [-0.25, -0.2) is 0 Å². The average Bonchev–Trinajstić information content (AvgIpc) is 2.57. The first-order valence-electron chi connectivity index (χ1n) is 8.14. The standard InChI is InChI=1S/C20H19N3O3/c1-12-5-4-6-15(10-12)23-18(25)11-17(24)19(22-23)20(26)21-16-8-7-13(2)9-14(16)3/h4-11,24H,1-3H3,(H,21,26). The fourth-order valence-electron chi connectivity index (χ4n) is 2.69. The van der Waals surface area contributed by atoms with Gasteiger partial charge >= 0.3 is 0 Å². The van der Waals surface area contributed by atoms with Crippen LogP contribution in [0.15, 0.2) is 53.3 Å². The molecule has 2 N–H and O–H groups in total. The molecular formula is C20H19N3O3. The third-order valence-electron chi connectivity index (χ3n) is 4.00. The van der Waals surface area contributed by atoms with Crippen LogP contribution in [0, 0.1) is 20.8 Å². The maximum Gasteiger partial charge on any atom is 0.279 e. The summed E-state index contributed by atoms with van der Waals surface area (Å²) < 4.78 is 1.10. The molecule has 3 aromatic rings. The van der Waals surface area contributed by atoms with E-state index in [0.29, 0.717) is 11.4 Å². The number of benzene rings is 2. The molecule has 132 valence electrons. The highest BCUT2D eigenvalue weighted by molar-refractivity contribution is 6.04. The number of carbonyl (C=O) groups is 1. The molecule has 2 aromatic carbocycles. The molecule has 3 rings (SSSR count). The molecule has 0 saturated carbocycles. The molecule has 6 heteroatoms. The van der Waals surface area contributed by atoms with E-state index in [0.717, 1.165) is 27.4 Å². The van der Waals surface area contributed by atoms with Gasteiger partial charge in [-0.15, -0.1) is 0 Å². The number of carbonyl (C=O) groups excluding carboxylic acids is 1. The van der Waals surface area contributed by atoms with E-state index in [1.54, 1.807) is 24.3 Å². The number of amides is 1. The van der Waals surface area contributed by atoms with Crippen molar-refractivity contribution in [1.82, 2.24) is 9.78 Å². The Kier molecular flexibility index (Phi) is 4.58. The van der Waals surface area contributed by atoms with Crippen molar-refractivity contribution in [2.24, 2.45) is 0 Å². The lowest BCUT2D eigenvalue weighted by molar-refractivity contribution is 0.101. The summed E-state index contributed by atoms with van der Waals surface area (Å²) in [4.78, 5) is 24.8. The third-order valence-corrected chi connectivity index (χ3v) is 4.00. The minimum atomic E-state index is -0.587.